The topological polar surface area (TPSA) is 99.2 Å². The number of hydrogen-bond donors (Lipinski definition) is 2. The van der Waals surface area contributed by atoms with Crippen molar-refractivity contribution in [2.24, 2.45) is 0 Å². The summed E-state index contributed by atoms with van der Waals surface area (Å²) in [6.45, 7) is 2.66. The van der Waals surface area contributed by atoms with Crippen LogP contribution in [0.25, 0.3) is 0 Å². The molecule has 3 rings (SSSR count). The van der Waals surface area contributed by atoms with Gasteiger partial charge in [0.25, 0.3) is 0 Å². The molecule has 0 radical (unpaired) electrons. The number of nitrogens with zero attached hydrogens (tertiary/aromatic N) is 3. The number of nitrogens with one attached hydrogen (secondary N) is 1. The summed E-state index contributed by atoms with van der Waals surface area (Å²) in [7, 11) is 0. The van der Waals surface area contributed by atoms with Crippen molar-refractivity contribution >= 4 is 11.9 Å². The number of hydrogen-bond acceptors (Lipinski definition) is 4. The Hall–Kier alpha value is -2.70. The number of H-pyrrole nitrogens is 1. The first-order chi connectivity index (χ1) is 11.6. The molecule has 0 bridgehead atoms. The molecule has 1 saturated heterocycles. The second-order valence-corrected chi connectivity index (χ2v) is 6.03. The molecule has 2 N–H and O–H groups in total. The molecular formula is C17H20N4O3. The number of rotatable bonds is 5. The fraction of sp³-hybridized carbons (Fsp3) is 0.412. The van der Waals surface area contributed by atoms with Crippen molar-refractivity contribution in [2.75, 3.05) is 6.54 Å². The van der Waals surface area contributed by atoms with Crippen molar-refractivity contribution in [1.82, 2.24) is 20.3 Å². The molecule has 1 aliphatic heterocycles. The Morgan fingerprint density at radius 3 is 2.88 bits per heavy atom. The Labute approximate surface area is 139 Å². The Morgan fingerprint density at radius 1 is 1.33 bits per heavy atom. The molecule has 1 atom stereocenters. The number of aromatic amines is 1. The average molecular weight is 328 g/mol. The van der Waals surface area contributed by atoms with Crippen molar-refractivity contribution in [3.8, 4) is 0 Å². The minimum absolute atomic E-state index is 0.0279. The summed E-state index contributed by atoms with van der Waals surface area (Å²) in [6, 6.07) is 7.71. The van der Waals surface area contributed by atoms with E-state index in [-0.39, 0.29) is 17.6 Å². The van der Waals surface area contributed by atoms with Gasteiger partial charge in [0.2, 0.25) is 5.91 Å². The van der Waals surface area contributed by atoms with Gasteiger partial charge >= 0.3 is 5.97 Å². The lowest BCUT2D eigenvalue weighted by Crippen LogP contribution is -2.31. The van der Waals surface area contributed by atoms with Crippen LogP contribution in [0.4, 0.5) is 0 Å². The van der Waals surface area contributed by atoms with Gasteiger partial charge in [-0.1, -0.05) is 24.3 Å². The Bertz CT molecular complexity index is 756. The maximum atomic E-state index is 12.6. The van der Waals surface area contributed by atoms with Gasteiger partial charge in [-0.15, -0.1) is 5.10 Å². The van der Waals surface area contributed by atoms with Crippen LogP contribution < -0.4 is 0 Å². The van der Waals surface area contributed by atoms with Crippen LogP contribution in [0, 0.1) is 6.92 Å². The minimum atomic E-state index is -1.13. The predicted octanol–water partition coefficient (Wildman–Crippen LogP) is 2.11. The number of carbonyl (C=O) groups excluding carboxylic acids is 1. The molecule has 2 heterocycles. The summed E-state index contributed by atoms with van der Waals surface area (Å²) in [5, 5.41) is 19.2. The zero-order valence-electron chi connectivity index (χ0n) is 13.5. The van der Waals surface area contributed by atoms with Crippen LogP contribution in [0.2, 0.25) is 0 Å². The van der Waals surface area contributed by atoms with Crippen LogP contribution in [-0.4, -0.2) is 43.8 Å². The van der Waals surface area contributed by atoms with Gasteiger partial charge in [0.1, 0.15) is 5.69 Å². The average Bonchev–Trinajstić information content (AvgIpc) is 3.22. The molecular weight excluding hydrogens is 308 g/mol. The van der Waals surface area contributed by atoms with E-state index >= 15 is 0 Å². The number of carboxylic acids is 1. The van der Waals surface area contributed by atoms with E-state index in [1.807, 2.05) is 31.2 Å². The van der Waals surface area contributed by atoms with Crippen molar-refractivity contribution in [3.05, 3.63) is 46.8 Å². The normalized spacial score (nSPS) is 17.2. The molecule has 7 heteroatoms. The van der Waals surface area contributed by atoms with Crippen LogP contribution in [0.5, 0.6) is 0 Å². The number of aromatic carboxylic acids is 1. The van der Waals surface area contributed by atoms with Gasteiger partial charge in [0.15, 0.2) is 5.69 Å². The Morgan fingerprint density at radius 2 is 2.12 bits per heavy atom. The van der Waals surface area contributed by atoms with E-state index in [1.54, 1.807) is 4.90 Å². The third-order valence-corrected chi connectivity index (χ3v) is 4.54. The smallest absolute Gasteiger partial charge is 0.358 e. The molecule has 0 aliphatic carbocycles. The van der Waals surface area contributed by atoms with Crippen LogP contribution in [-0.2, 0) is 11.2 Å². The number of aryl methyl sites for hydroxylation is 2. The highest BCUT2D eigenvalue weighted by Gasteiger charge is 2.34. The third-order valence-electron chi connectivity index (χ3n) is 4.54. The van der Waals surface area contributed by atoms with E-state index in [0.29, 0.717) is 31.5 Å². The molecule has 24 heavy (non-hydrogen) atoms. The highest BCUT2D eigenvalue weighted by Crippen LogP contribution is 2.32. The molecule has 7 nitrogen and oxygen atoms in total. The van der Waals surface area contributed by atoms with E-state index in [9.17, 15) is 14.7 Å². The first kappa shape index (κ1) is 16.2. The van der Waals surface area contributed by atoms with Gasteiger partial charge in [-0.25, -0.2) is 4.79 Å². The first-order valence-corrected chi connectivity index (χ1v) is 8.06. The maximum absolute atomic E-state index is 12.6. The first-order valence-electron chi connectivity index (χ1n) is 8.06. The number of benzene rings is 1. The third kappa shape index (κ3) is 3.15. The van der Waals surface area contributed by atoms with E-state index in [2.05, 4.69) is 15.4 Å². The molecule has 1 fully saturated rings. The molecule has 1 aliphatic rings. The molecule has 2 aromatic rings. The second-order valence-electron chi connectivity index (χ2n) is 6.03. The Balaban J connectivity index is 1.71. The fourth-order valence-corrected chi connectivity index (χ4v) is 3.25. The van der Waals surface area contributed by atoms with Gasteiger partial charge < -0.3 is 10.0 Å². The highest BCUT2D eigenvalue weighted by atomic mass is 16.4. The molecule has 0 saturated carbocycles. The molecule has 1 unspecified atom stereocenters. The zero-order valence-corrected chi connectivity index (χ0v) is 13.5. The van der Waals surface area contributed by atoms with Gasteiger partial charge in [-0.05, 0) is 37.3 Å². The van der Waals surface area contributed by atoms with E-state index in [4.69, 9.17) is 0 Å². The van der Waals surface area contributed by atoms with Crippen molar-refractivity contribution in [3.63, 3.8) is 0 Å². The van der Waals surface area contributed by atoms with Gasteiger partial charge in [0.05, 0.1) is 6.04 Å². The molecule has 126 valence electrons. The summed E-state index contributed by atoms with van der Waals surface area (Å²) in [6.07, 6.45) is 2.64. The van der Waals surface area contributed by atoms with Crippen LogP contribution in [0.1, 0.15) is 52.6 Å². The fourth-order valence-electron chi connectivity index (χ4n) is 3.25. The standard InChI is InChI=1S/C17H20N4O3/c1-11-5-2-3-6-12(11)8-9-14(22)21-10-4-7-13(21)15-16(17(23)24)19-20-18-15/h2-3,5-6,13H,4,7-10H2,1H3,(H,23,24)(H,18,19,20). The lowest BCUT2D eigenvalue weighted by molar-refractivity contribution is -0.132. The molecule has 1 amide bonds. The van der Waals surface area contributed by atoms with Gasteiger partial charge in [-0.3, -0.25) is 4.79 Å². The number of aromatic nitrogens is 3. The summed E-state index contributed by atoms with van der Waals surface area (Å²) in [5.74, 6) is -1.10. The Kier molecular flexibility index (Phi) is 4.59. The number of carbonyl (C=O) groups is 2. The summed E-state index contributed by atoms with van der Waals surface area (Å²) in [5.41, 5.74) is 2.59. The van der Waals surface area contributed by atoms with E-state index in [0.717, 1.165) is 12.0 Å². The number of carboxylic acid groups (broad SMARTS) is 1. The van der Waals surface area contributed by atoms with E-state index < -0.39 is 5.97 Å². The maximum Gasteiger partial charge on any atom is 0.358 e. The lowest BCUT2D eigenvalue weighted by Gasteiger charge is -2.23. The van der Waals surface area contributed by atoms with Gasteiger partial charge in [0, 0.05) is 13.0 Å². The highest BCUT2D eigenvalue weighted by molar-refractivity contribution is 5.87. The summed E-state index contributed by atoms with van der Waals surface area (Å²) < 4.78 is 0. The van der Waals surface area contributed by atoms with Crippen molar-refractivity contribution in [2.45, 2.75) is 38.6 Å². The molecule has 1 aromatic heterocycles. The van der Waals surface area contributed by atoms with Gasteiger partial charge in [-0.2, -0.15) is 10.3 Å². The quantitative estimate of drug-likeness (QED) is 0.875. The largest absolute Gasteiger partial charge is 0.476 e. The van der Waals surface area contributed by atoms with Crippen LogP contribution >= 0.6 is 0 Å². The van der Waals surface area contributed by atoms with Crippen molar-refractivity contribution < 1.29 is 14.7 Å². The minimum Gasteiger partial charge on any atom is -0.476 e. The summed E-state index contributed by atoms with van der Waals surface area (Å²) in [4.78, 5) is 25.6. The van der Waals surface area contributed by atoms with Crippen LogP contribution in [0.15, 0.2) is 24.3 Å². The zero-order chi connectivity index (χ0) is 17.1. The van der Waals surface area contributed by atoms with Crippen molar-refractivity contribution in [1.29, 1.82) is 0 Å². The van der Waals surface area contributed by atoms with E-state index in [1.165, 1.54) is 5.56 Å². The number of likely N-dealkylation sites (tertiary alicyclic amines) is 1. The number of amides is 1. The monoisotopic (exact) mass is 328 g/mol. The second kappa shape index (κ2) is 6.82. The predicted molar refractivity (Wildman–Crippen MR) is 86.5 cm³/mol. The SMILES string of the molecule is Cc1ccccc1CCC(=O)N1CCCC1c1n[nH]nc1C(=O)O. The lowest BCUT2D eigenvalue weighted by atomic mass is 10.0. The molecule has 0 spiro atoms. The molecule has 1 aromatic carbocycles. The summed E-state index contributed by atoms with van der Waals surface area (Å²) >= 11 is 0. The van der Waals surface area contributed by atoms with Crippen LogP contribution in [0.3, 0.4) is 0 Å².